The van der Waals surface area contributed by atoms with Gasteiger partial charge < -0.3 is 9.15 Å². The highest BCUT2D eigenvalue weighted by Gasteiger charge is 2.32. The summed E-state index contributed by atoms with van der Waals surface area (Å²) in [5, 5.41) is 8.45. The molecule has 22 heavy (non-hydrogen) atoms. The van der Waals surface area contributed by atoms with Gasteiger partial charge in [-0.1, -0.05) is 0 Å². The maximum atomic E-state index is 5.89. The molecule has 2 saturated heterocycles. The van der Waals surface area contributed by atoms with Crippen LogP contribution < -0.4 is 0 Å². The molecule has 2 fully saturated rings. The van der Waals surface area contributed by atoms with Crippen LogP contribution in [0.2, 0.25) is 0 Å². The Balaban J connectivity index is 1.44. The van der Waals surface area contributed by atoms with Crippen molar-refractivity contribution >= 4 is 0 Å². The van der Waals surface area contributed by atoms with Gasteiger partial charge in [0, 0.05) is 43.8 Å². The van der Waals surface area contributed by atoms with Crippen molar-refractivity contribution in [3.05, 3.63) is 30.4 Å². The molecule has 2 aromatic heterocycles. The van der Waals surface area contributed by atoms with Gasteiger partial charge in [-0.15, -0.1) is 10.2 Å². The molecule has 6 nitrogen and oxygen atoms in total. The highest BCUT2D eigenvalue weighted by Crippen LogP contribution is 2.31. The minimum absolute atomic E-state index is 0.353. The van der Waals surface area contributed by atoms with Crippen molar-refractivity contribution in [1.82, 2.24) is 20.1 Å². The van der Waals surface area contributed by atoms with E-state index in [1.165, 1.54) is 0 Å². The predicted octanol–water partition coefficient (Wildman–Crippen LogP) is 2.10. The van der Waals surface area contributed by atoms with Crippen molar-refractivity contribution in [2.45, 2.75) is 31.2 Å². The van der Waals surface area contributed by atoms with Crippen LogP contribution in [0.4, 0.5) is 0 Å². The van der Waals surface area contributed by atoms with E-state index in [1.54, 1.807) is 12.4 Å². The van der Waals surface area contributed by atoms with E-state index < -0.39 is 0 Å². The van der Waals surface area contributed by atoms with Gasteiger partial charge >= 0.3 is 0 Å². The fraction of sp³-hybridized carbons (Fsp3) is 0.562. The Hall–Kier alpha value is -1.79. The van der Waals surface area contributed by atoms with Crippen LogP contribution >= 0.6 is 0 Å². The third-order valence-electron chi connectivity index (χ3n) is 4.64. The molecule has 6 heteroatoms. The smallest absolute Gasteiger partial charge is 0.247 e. The highest BCUT2D eigenvalue weighted by molar-refractivity contribution is 5.50. The number of hydrogen-bond donors (Lipinski definition) is 0. The van der Waals surface area contributed by atoms with Gasteiger partial charge in [0.25, 0.3) is 0 Å². The minimum Gasteiger partial charge on any atom is -0.420 e. The maximum Gasteiger partial charge on any atom is 0.247 e. The molecule has 0 saturated carbocycles. The number of likely N-dealkylation sites (tertiary alicyclic amines) is 1. The fourth-order valence-electron chi connectivity index (χ4n) is 3.38. The third-order valence-corrected chi connectivity index (χ3v) is 4.64. The summed E-state index contributed by atoms with van der Waals surface area (Å²) in [7, 11) is 0. The van der Waals surface area contributed by atoms with Gasteiger partial charge in [-0.25, -0.2) is 0 Å². The van der Waals surface area contributed by atoms with Crippen LogP contribution in [-0.2, 0) is 4.74 Å². The maximum absolute atomic E-state index is 5.89. The molecule has 2 aliphatic heterocycles. The monoisotopic (exact) mass is 300 g/mol. The van der Waals surface area contributed by atoms with Crippen LogP contribution in [0.3, 0.4) is 0 Å². The van der Waals surface area contributed by atoms with E-state index in [9.17, 15) is 0 Å². The van der Waals surface area contributed by atoms with Crippen molar-refractivity contribution in [2.75, 3.05) is 26.3 Å². The SMILES string of the molecule is c1cc(-c2nnc(C3CCN(C4CCOCC4)C3)o2)ccn1. The van der Waals surface area contributed by atoms with E-state index in [0.717, 1.165) is 57.0 Å². The van der Waals surface area contributed by atoms with E-state index in [-0.39, 0.29) is 0 Å². The molecular weight excluding hydrogens is 280 g/mol. The first-order valence-corrected chi connectivity index (χ1v) is 7.96. The van der Waals surface area contributed by atoms with E-state index in [0.29, 0.717) is 17.9 Å². The number of rotatable bonds is 3. The summed E-state index contributed by atoms with van der Waals surface area (Å²) in [4.78, 5) is 6.57. The van der Waals surface area contributed by atoms with E-state index >= 15 is 0 Å². The lowest BCUT2D eigenvalue weighted by atomic mass is 10.1. The molecular formula is C16H20N4O2. The Morgan fingerprint density at radius 3 is 2.68 bits per heavy atom. The van der Waals surface area contributed by atoms with Gasteiger partial charge in [-0.2, -0.15) is 0 Å². The summed E-state index contributed by atoms with van der Waals surface area (Å²) in [6.07, 6.45) is 6.84. The van der Waals surface area contributed by atoms with Crippen LogP contribution in [0, 0.1) is 0 Å². The first-order valence-electron chi connectivity index (χ1n) is 7.96. The summed E-state index contributed by atoms with van der Waals surface area (Å²) < 4.78 is 11.3. The van der Waals surface area contributed by atoms with Gasteiger partial charge in [-0.05, 0) is 37.9 Å². The second-order valence-electron chi connectivity index (χ2n) is 6.01. The van der Waals surface area contributed by atoms with Crippen molar-refractivity contribution in [1.29, 1.82) is 0 Å². The molecule has 0 radical (unpaired) electrons. The van der Waals surface area contributed by atoms with Crippen LogP contribution in [0.25, 0.3) is 11.5 Å². The number of ether oxygens (including phenoxy) is 1. The Bertz CT molecular complexity index is 610. The summed E-state index contributed by atoms with van der Waals surface area (Å²) >= 11 is 0. The van der Waals surface area contributed by atoms with Gasteiger partial charge in [0.2, 0.25) is 11.8 Å². The second kappa shape index (κ2) is 6.14. The standard InChI is InChI=1S/C16H20N4O2/c1-6-17-7-2-12(1)15-18-19-16(22-15)13-3-8-20(11-13)14-4-9-21-10-5-14/h1-2,6-7,13-14H,3-5,8-11H2. The first kappa shape index (κ1) is 13.8. The predicted molar refractivity (Wildman–Crippen MR) is 80.3 cm³/mol. The summed E-state index contributed by atoms with van der Waals surface area (Å²) in [6.45, 7) is 3.90. The molecule has 0 aliphatic carbocycles. The van der Waals surface area contributed by atoms with Crippen molar-refractivity contribution in [2.24, 2.45) is 0 Å². The second-order valence-corrected chi connectivity index (χ2v) is 6.01. The summed E-state index contributed by atoms with van der Waals surface area (Å²) in [5.41, 5.74) is 0.924. The van der Waals surface area contributed by atoms with Crippen LogP contribution in [0.15, 0.2) is 28.9 Å². The zero-order valence-electron chi connectivity index (χ0n) is 12.5. The topological polar surface area (TPSA) is 64.3 Å². The molecule has 2 aromatic rings. The van der Waals surface area contributed by atoms with Gasteiger partial charge in [0.05, 0.1) is 5.92 Å². The fourth-order valence-corrected chi connectivity index (χ4v) is 3.38. The normalized spacial score (nSPS) is 23.9. The lowest BCUT2D eigenvalue weighted by molar-refractivity contribution is 0.0417. The first-order chi connectivity index (χ1) is 10.9. The van der Waals surface area contributed by atoms with Crippen molar-refractivity contribution in [3.8, 4) is 11.5 Å². The molecule has 0 aromatic carbocycles. The Morgan fingerprint density at radius 1 is 1.05 bits per heavy atom. The molecule has 116 valence electrons. The average molecular weight is 300 g/mol. The van der Waals surface area contributed by atoms with Gasteiger partial charge in [0.1, 0.15) is 0 Å². The van der Waals surface area contributed by atoms with Gasteiger partial charge in [-0.3, -0.25) is 9.88 Å². The van der Waals surface area contributed by atoms with E-state index in [4.69, 9.17) is 9.15 Å². The molecule has 1 atom stereocenters. The van der Waals surface area contributed by atoms with Crippen LogP contribution in [0.1, 0.15) is 31.1 Å². The van der Waals surface area contributed by atoms with Crippen molar-refractivity contribution in [3.63, 3.8) is 0 Å². The zero-order valence-corrected chi connectivity index (χ0v) is 12.5. The Morgan fingerprint density at radius 2 is 1.86 bits per heavy atom. The molecule has 0 spiro atoms. The molecule has 0 bridgehead atoms. The lowest BCUT2D eigenvalue weighted by Gasteiger charge is -2.30. The molecule has 4 rings (SSSR count). The average Bonchev–Trinajstić information content (AvgIpc) is 3.26. The molecule has 4 heterocycles. The van der Waals surface area contributed by atoms with Crippen molar-refractivity contribution < 1.29 is 9.15 Å². The van der Waals surface area contributed by atoms with E-state index in [2.05, 4.69) is 20.1 Å². The zero-order chi connectivity index (χ0) is 14.8. The largest absolute Gasteiger partial charge is 0.420 e. The van der Waals surface area contributed by atoms with Crippen LogP contribution in [-0.4, -0.2) is 52.4 Å². The van der Waals surface area contributed by atoms with E-state index in [1.807, 2.05) is 12.1 Å². The Labute approximate surface area is 129 Å². The number of aromatic nitrogens is 3. The molecule has 0 amide bonds. The Kier molecular flexibility index (Phi) is 3.86. The third kappa shape index (κ3) is 2.76. The molecule has 1 unspecified atom stereocenters. The molecule has 0 N–H and O–H groups in total. The number of nitrogens with zero attached hydrogens (tertiary/aromatic N) is 4. The summed E-state index contributed by atoms with van der Waals surface area (Å²) in [5.74, 6) is 1.70. The highest BCUT2D eigenvalue weighted by atomic mass is 16.5. The summed E-state index contributed by atoms with van der Waals surface area (Å²) in [6, 6.07) is 4.43. The quantitative estimate of drug-likeness (QED) is 0.865. The molecule has 2 aliphatic rings. The lowest BCUT2D eigenvalue weighted by Crippen LogP contribution is -2.37. The number of hydrogen-bond acceptors (Lipinski definition) is 6. The number of pyridine rings is 1. The minimum atomic E-state index is 0.353. The van der Waals surface area contributed by atoms with Crippen LogP contribution in [0.5, 0.6) is 0 Å². The van der Waals surface area contributed by atoms with Gasteiger partial charge in [0.15, 0.2) is 0 Å².